The minimum atomic E-state index is -0.479. The maximum atomic E-state index is 11.9. The molecule has 0 saturated heterocycles. The number of carbonyl (C=O) groups is 1. The topological polar surface area (TPSA) is 107 Å². The summed E-state index contributed by atoms with van der Waals surface area (Å²) in [5.41, 5.74) is 14.2. The first-order valence-corrected chi connectivity index (χ1v) is 6.59. The first-order valence-electron chi connectivity index (χ1n) is 6.59. The number of amides is 1. The van der Waals surface area contributed by atoms with Crippen LogP contribution in [0.5, 0.6) is 0 Å². The predicted molar refractivity (Wildman–Crippen MR) is 85.1 cm³/mol. The lowest BCUT2D eigenvalue weighted by atomic mass is 10.0. The van der Waals surface area contributed by atoms with E-state index in [-0.39, 0.29) is 5.96 Å². The van der Waals surface area contributed by atoms with Gasteiger partial charge in [0, 0.05) is 23.5 Å². The Morgan fingerprint density at radius 1 is 1.00 bits per heavy atom. The Balaban J connectivity index is 2.12. The maximum Gasteiger partial charge on any atom is 0.280 e. The molecule has 0 bridgehead atoms. The summed E-state index contributed by atoms with van der Waals surface area (Å²) in [5, 5.41) is 0. The summed E-state index contributed by atoms with van der Waals surface area (Å²) in [4.78, 5) is 24.1. The average molecular weight is 291 g/mol. The van der Waals surface area contributed by atoms with Crippen molar-refractivity contribution in [2.75, 3.05) is 0 Å². The van der Waals surface area contributed by atoms with Gasteiger partial charge in [-0.25, -0.2) is 0 Å². The average Bonchev–Trinajstić information content (AvgIpc) is 2.54. The number of nitrogens with two attached hydrogens (primary N) is 2. The van der Waals surface area contributed by atoms with Gasteiger partial charge in [0.2, 0.25) is 0 Å². The number of hydrogen-bond acceptors (Lipinski definition) is 3. The quantitative estimate of drug-likeness (QED) is 0.552. The third-order valence-electron chi connectivity index (χ3n) is 3.15. The molecule has 108 valence electrons. The molecule has 0 aliphatic rings. The number of carbonyl (C=O) groups excluding carboxylic acids is 1. The van der Waals surface area contributed by atoms with Crippen molar-refractivity contribution in [3.8, 4) is 11.1 Å². The number of aliphatic imine (C=N–C) groups is 1. The molecule has 0 aliphatic heterocycles. The monoisotopic (exact) mass is 291 g/mol. The molecule has 6 nitrogen and oxygen atoms in total. The van der Waals surface area contributed by atoms with Gasteiger partial charge >= 0.3 is 0 Å². The molecular formula is C16H13N5O. The molecule has 0 atom stereocenters. The highest BCUT2D eigenvalue weighted by Gasteiger charge is 2.09. The normalized spacial score (nSPS) is 10.4. The van der Waals surface area contributed by atoms with Crippen LogP contribution in [0.4, 0.5) is 0 Å². The van der Waals surface area contributed by atoms with Crippen LogP contribution in [0.25, 0.3) is 22.2 Å². The Morgan fingerprint density at radius 3 is 2.59 bits per heavy atom. The molecule has 1 amide bonds. The molecule has 0 saturated carbocycles. The second kappa shape index (κ2) is 5.61. The predicted octanol–water partition coefficient (Wildman–Crippen LogP) is 1.71. The van der Waals surface area contributed by atoms with E-state index in [0.29, 0.717) is 5.56 Å². The van der Waals surface area contributed by atoms with Crippen LogP contribution >= 0.6 is 0 Å². The van der Waals surface area contributed by atoms with Crippen molar-refractivity contribution in [2.24, 2.45) is 16.5 Å². The van der Waals surface area contributed by atoms with Crippen LogP contribution in [0.2, 0.25) is 0 Å². The molecule has 0 radical (unpaired) electrons. The highest BCUT2D eigenvalue weighted by molar-refractivity contribution is 6.03. The fraction of sp³-hybridized carbons (Fsp3) is 0. The molecular weight excluding hydrogens is 278 g/mol. The van der Waals surface area contributed by atoms with E-state index >= 15 is 0 Å². The van der Waals surface area contributed by atoms with E-state index in [1.165, 1.54) is 0 Å². The molecule has 3 aromatic rings. The van der Waals surface area contributed by atoms with Gasteiger partial charge in [0.15, 0.2) is 5.96 Å². The van der Waals surface area contributed by atoms with Crippen LogP contribution in [-0.2, 0) is 0 Å². The summed E-state index contributed by atoms with van der Waals surface area (Å²) >= 11 is 0. The lowest BCUT2D eigenvalue weighted by Crippen LogP contribution is -2.24. The summed E-state index contributed by atoms with van der Waals surface area (Å²) in [6.07, 6.45) is 3.28. The van der Waals surface area contributed by atoms with Crippen LogP contribution in [0.1, 0.15) is 10.4 Å². The van der Waals surface area contributed by atoms with Crippen LogP contribution in [-0.4, -0.2) is 21.8 Å². The molecule has 4 N–H and O–H groups in total. The van der Waals surface area contributed by atoms with Crippen LogP contribution in [0, 0.1) is 0 Å². The number of hydrogen-bond donors (Lipinski definition) is 2. The Morgan fingerprint density at radius 2 is 1.77 bits per heavy atom. The Kier molecular flexibility index (Phi) is 3.49. The van der Waals surface area contributed by atoms with E-state index in [9.17, 15) is 4.79 Å². The molecule has 3 rings (SSSR count). The largest absolute Gasteiger partial charge is 0.370 e. The first-order chi connectivity index (χ1) is 10.6. The molecule has 0 unspecified atom stereocenters. The maximum absolute atomic E-state index is 11.9. The third-order valence-corrected chi connectivity index (χ3v) is 3.15. The van der Waals surface area contributed by atoms with Gasteiger partial charge in [0.1, 0.15) is 0 Å². The minimum absolute atomic E-state index is 0.258. The van der Waals surface area contributed by atoms with Gasteiger partial charge in [0.25, 0.3) is 5.91 Å². The van der Waals surface area contributed by atoms with Gasteiger partial charge in [-0.15, -0.1) is 0 Å². The zero-order chi connectivity index (χ0) is 15.5. The number of fused-ring (bicyclic) bond motifs is 1. The van der Waals surface area contributed by atoms with E-state index in [1.54, 1.807) is 30.6 Å². The van der Waals surface area contributed by atoms with Gasteiger partial charge in [-0.1, -0.05) is 24.3 Å². The van der Waals surface area contributed by atoms with Gasteiger partial charge < -0.3 is 11.5 Å². The highest BCUT2D eigenvalue weighted by atomic mass is 16.1. The summed E-state index contributed by atoms with van der Waals surface area (Å²) in [6.45, 7) is 0. The summed E-state index contributed by atoms with van der Waals surface area (Å²) in [5.74, 6) is -0.736. The highest BCUT2D eigenvalue weighted by Crippen LogP contribution is 2.26. The molecule has 1 heterocycles. The third kappa shape index (κ3) is 2.62. The van der Waals surface area contributed by atoms with Crippen molar-refractivity contribution in [1.82, 2.24) is 9.97 Å². The van der Waals surface area contributed by atoms with Gasteiger partial charge in [-0.2, -0.15) is 4.99 Å². The van der Waals surface area contributed by atoms with Crippen molar-refractivity contribution in [3.05, 3.63) is 60.4 Å². The second-order valence-corrected chi connectivity index (χ2v) is 4.65. The van der Waals surface area contributed by atoms with Crippen LogP contribution in [0.15, 0.2) is 59.9 Å². The summed E-state index contributed by atoms with van der Waals surface area (Å²) in [7, 11) is 0. The first kappa shape index (κ1) is 13.7. The van der Waals surface area contributed by atoms with Gasteiger partial charge in [-0.05, 0) is 23.8 Å². The number of aromatic nitrogens is 2. The van der Waals surface area contributed by atoms with Crippen LogP contribution in [0.3, 0.4) is 0 Å². The number of rotatable bonds is 2. The molecule has 1 aromatic heterocycles. The van der Waals surface area contributed by atoms with Gasteiger partial charge in [-0.3, -0.25) is 14.8 Å². The molecule has 2 aromatic carbocycles. The molecule has 0 aliphatic carbocycles. The van der Waals surface area contributed by atoms with E-state index in [4.69, 9.17) is 11.5 Å². The van der Waals surface area contributed by atoms with Crippen LogP contribution < -0.4 is 11.5 Å². The van der Waals surface area contributed by atoms with Crippen molar-refractivity contribution in [1.29, 1.82) is 0 Å². The number of nitrogens with zero attached hydrogens (tertiary/aromatic N) is 3. The fourth-order valence-corrected chi connectivity index (χ4v) is 2.23. The Hall–Kier alpha value is -3.28. The van der Waals surface area contributed by atoms with E-state index < -0.39 is 5.91 Å². The van der Waals surface area contributed by atoms with Crippen molar-refractivity contribution in [3.63, 3.8) is 0 Å². The molecule has 6 heteroatoms. The standard InChI is InChI=1S/C16H13N5O/c17-16(18)21-15(22)11-4-1-3-10(9-11)12-5-2-6-13-14(12)20-8-7-19-13/h1-9H,(H4,17,18,21,22). The smallest absolute Gasteiger partial charge is 0.280 e. The lowest BCUT2D eigenvalue weighted by molar-refractivity contribution is 0.100. The van der Waals surface area contributed by atoms with Crippen molar-refractivity contribution in [2.45, 2.75) is 0 Å². The number of para-hydroxylation sites is 1. The zero-order valence-corrected chi connectivity index (χ0v) is 11.6. The second-order valence-electron chi connectivity index (χ2n) is 4.65. The van der Waals surface area contributed by atoms with Crippen molar-refractivity contribution < 1.29 is 4.79 Å². The Bertz CT molecular complexity index is 879. The van der Waals surface area contributed by atoms with Crippen molar-refractivity contribution >= 4 is 22.9 Å². The Labute approximate surface area is 126 Å². The molecule has 0 spiro atoms. The lowest BCUT2D eigenvalue weighted by Gasteiger charge is -2.06. The molecule has 22 heavy (non-hydrogen) atoms. The van der Waals surface area contributed by atoms with E-state index in [1.807, 2.05) is 24.3 Å². The van der Waals surface area contributed by atoms with E-state index in [0.717, 1.165) is 22.2 Å². The fourth-order valence-electron chi connectivity index (χ4n) is 2.23. The summed E-state index contributed by atoms with van der Waals surface area (Å²) in [6, 6.07) is 12.8. The van der Waals surface area contributed by atoms with E-state index in [2.05, 4.69) is 15.0 Å². The van der Waals surface area contributed by atoms with Gasteiger partial charge in [0.05, 0.1) is 11.0 Å². The summed E-state index contributed by atoms with van der Waals surface area (Å²) < 4.78 is 0. The number of benzene rings is 2. The number of guanidine groups is 1. The zero-order valence-electron chi connectivity index (χ0n) is 11.6. The molecule has 0 fully saturated rings. The SMILES string of the molecule is NC(N)=NC(=O)c1cccc(-c2cccc3nccnc23)c1. The minimum Gasteiger partial charge on any atom is -0.370 e.